The van der Waals surface area contributed by atoms with Gasteiger partial charge < -0.3 is 10.1 Å². The van der Waals surface area contributed by atoms with Crippen molar-refractivity contribution in [2.45, 2.75) is 13.3 Å². The first kappa shape index (κ1) is 12.6. The number of hydrogen-bond acceptors (Lipinski definition) is 3. The highest BCUT2D eigenvalue weighted by Crippen LogP contribution is 2.24. The van der Waals surface area contributed by atoms with Crippen LogP contribution in [0.5, 0.6) is 5.75 Å². The van der Waals surface area contributed by atoms with Gasteiger partial charge in [0.1, 0.15) is 5.75 Å². The van der Waals surface area contributed by atoms with Crippen LogP contribution in [0.1, 0.15) is 23.7 Å². The van der Waals surface area contributed by atoms with E-state index >= 15 is 0 Å². The smallest absolute Gasteiger partial charge is 0.256 e. The number of thiophene rings is 1. The predicted octanol–water partition coefficient (Wildman–Crippen LogP) is 3.79. The molecule has 2 aromatic rings. The third kappa shape index (κ3) is 3.11. The van der Waals surface area contributed by atoms with Crippen LogP contribution in [0, 0.1) is 0 Å². The molecule has 0 radical (unpaired) electrons. The fourth-order valence-electron chi connectivity index (χ4n) is 1.50. The molecule has 0 unspecified atom stereocenters. The highest BCUT2D eigenvalue weighted by Gasteiger charge is 2.09. The molecule has 0 aliphatic heterocycles. The van der Waals surface area contributed by atoms with E-state index < -0.39 is 0 Å². The van der Waals surface area contributed by atoms with E-state index in [2.05, 4.69) is 5.32 Å². The lowest BCUT2D eigenvalue weighted by atomic mass is 10.2. The Kier molecular flexibility index (Phi) is 4.36. The first-order valence-corrected chi connectivity index (χ1v) is 6.81. The van der Waals surface area contributed by atoms with Crippen molar-refractivity contribution in [3.63, 3.8) is 0 Å². The van der Waals surface area contributed by atoms with Gasteiger partial charge in [0, 0.05) is 5.38 Å². The van der Waals surface area contributed by atoms with Gasteiger partial charge in [-0.25, -0.2) is 0 Å². The number of para-hydroxylation sites is 2. The van der Waals surface area contributed by atoms with Gasteiger partial charge in [0.05, 0.1) is 17.9 Å². The summed E-state index contributed by atoms with van der Waals surface area (Å²) in [6, 6.07) is 9.27. The molecule has 3 nitrogen and oxygen atoms in total. The van der Waals surface area contributed by atoms with Crippen LogP contribution in [-0.2, 0) is 0 Å². The summed E-state index contributed by atoms with van der Waals surface area (Å²) in [4.78, 5) is 11.9. The largest absolute Gasteiger partial charge is 0.491 e. The molecule has 1 heterocycles. The first-order chi connectivity index (χ1) is 8.81. The zero-order chi connectivity index (χ0) is 12.8. The summed E-state index contributed by atoms with van der Waals surface area (Å²) < 4.78 is 5.59. The number of benzene rings is 1. The second-order valence-electron chi connectivity index (χ2n) is 3.81. The summed E-state index contributed by atoms with van der Waals surface area (Å²) in [5, 5.41) is 6.57. The average molecular weight is 261 g/mol. The van der Waals surface area contributed by atoms with E-state index in [9.17, 15) is 4.79 Å². The van der Waals surface area contributed by atoms with Crippen molar-refractivity contribution >= 4 is 22.9 Å². The monoisotopic (exact) mass is 261 g/mol. The van der Waals surface area contributed by atoms with E-state index in [4.69, 9.17) is 4.74 Å². The van der Waals surface area contributed by atoms with E-state index in [1.807, 2.05) is 41.9 Å². The topological polar surface area (TPSA) is 38.3 Å². The van der Waals surface area contributed by atoms with Crippen LogP contribution in [0.2, 0.25) is 0 Å². The molecular weight excluding hydrogens is 246 g/mol. The minimum absolute atomic E-state index is 0.108. The summed E-state index contributed by atoms with van der Waals surface area (Å²) in [5.74, 6) is 0.603. The Morgan fingerprint density at radius 1 is 1.33 bits per heavy atom. The van der Waals surface area contributed by atoms with E-state index in [1.54, 1.807) is 6.07 Å². The molecule has 0 atom stereocenters. The zero-order valence-corrected chi connectivity index (χ0v) is 11.0. The van der Waals surface area contributed by atoms with Crippen molar-refractivity contribution in [2.75, 3.05) is 11.9 Å². The zero-order valence-electron chi connectivity index (χ0n) is 10.2. The number of amides is 1. The van der Waals surface area contributed by atoms with Crippen molar-refractivity contribution < 1.29 is 9.53 Å². The Labute approximate surface area is 110 Å². The van der Waals surface area contributed by atoms with Gasteiger partial charge in [-0.3, -0.25) is 4.79 Å². The fraction of sp³-hybridized carbons (Fsp3) is 0.214. The van der Waals surface area contributed by atoms with Crippen molar-refractivity contribution in [1.82, 2.24) is 0 Å². The number of hydrogen-bond donors (Lipinski definition) is 1. The van der Waals surface area contributed by atoms with Crippen LogP contribution in [-0.4, -0.2) is 12.5 Å². The molecule has 18 heavy (non-hydrogen) atoms. The van der Waals surface area contributed by atoms with Gasteiger partial charge in [-0.2, -0.15) is 11.3 Å². The Hall–Kier alpha value is -1.81. The molecule has 0 saturated carbocycles. The Morgan fingerprint density at radius 2 is 2.17 bits per heavy atom. The quantitative estimate of drug-likeness (QED) is 0.889. The average Bonchev–Trinajstić information content (AvgIpc) is 2.91. The number of carbonyl (C=O) groups is 1. The fourth-order valence-corrected chi connectivity index (χ4v) is 2.13. The third-order valence-corrected chi connectivity index (χ3v) is 3.06. The standard InChI is InChI=1S/C14H15NO2S/c1-2-8-17-13-6-4-3-5-12(13)15-14(16)11-7-9-18-10-11/h3-7,9-10H,2,8H2,1H3,(H,15,16). The highest BCUT2D eigenvalue weighted by atomic mass is 32.1. The van der Waals surface area contributed by atoms with Crippen molar-refractivity contribution in [3.05, 3.63) is 46.7 Å². The maximum Gasteiger partial charge on any atom is 0.256 e. The summed E-state index contributed by atoms with van der Waals surface area (Å²) in [6.45, 7) is 2.69. The Bertz CT molecular complexity index is 508. The summed E-state index contributed by atoms with van der Waals surface area (Å²) in [5.41, 5.74) is 1.38. The Balaban J connectivity index is 2.11. The number of carbonyl (C=O) groups excluding carboxylic acids is 1. The molecule has 1 N–H and O–H groups in total. The number of ether oxygens (including phenoxy) is 1. The normalized spacial score (nSPS) is 10.1. The summed E-state index contributed by atoms with van der Waals surface area (Å²) in [7, 11) is 0. The predicted molar refractivity (Wildman–Crippen MR) is 74.5 cm³/mol. The third-order valence-electron chi connectivity index (χ3n) is 2.38. The van der Waals surface area contributed by atoms with Crippen LogP contribution in [0.4, 0.5) is 5.69 Å². The molecule has 0 spiro atoms. The molecule has 94 valence electrons. The van der Waals surface area contributed by atoms with Gasteiger partial charge in [-0.1, -0.05) is 19.1 Å². The van der Waals surface area contributed by atoms with Crippen molar-refractivity contribution in [1.29, 1.82) is 0 Å². The highest BCUT2D eigenvalue weighted by molar-refractivity contribution is 7.08. The van der Waals surface area contributed by atoms with Gasteiger partial charge in [0.15, 0.2) is 0 Å². The molecule has 2 rings (SSSR count). The molecule has 0 saturated heterocycles. The number of nitrogens with one attached hydrogen (secondary N) is 1. The molecular formula is C14H15NO2S. The van der Waals surface area contributed by atoms with E-state index in [1.165, 1.54) is 11.3 Å². The lowest BCUT2D eigenvalue weighted by Gasteiger charge is -2.11. The Morgan fingerprint density at radius 3 is 2.89 bits per heavy atom. The summed E-state index contributed by atoms with van der Waals surface area (Å²) >= 11 is 1.50. The van der Waals surface area contributed by atoms with E-state index in [-0.39, 0.29) is 5.91 Å². The second kappa shape index (κ2) is 6.21. The molecule has 1 aromatic carbocycles. The molecule has 4 heteroatoms. The molecule has 0 aliphatic carbocycles. The van der Waals surface area contributed by atoms with Crippen molar-refractivity contribution in [3.8, 4) is 5.75 Å². The van der Waals surface area contributed by atoms with Crippen LogP contribution < -0.4 is 10.1 Å². The van der Waals surface area contributed by atoms with E-state index in [0.29, 0.717) is 23.6 Å². The lowest BCUT2D eigenvalue weighted by molar-refractivity contribution is 0.102. The number of anilines is 1. The van der Waals surface area contributed by atoms with Gasteiger partial charge in [0.2, 0.25) is 0 Å². The molecule has 1 aromatic heterocycles. The van der Waals surface area contributed by atoms with Crippen molar-refractivity contribution in [2.24, 2.45) is 0 Å². The van der Waals surface area contributed by atoms with Gasteiger partial charge >= 0.3 is 0 Å². The summed E-state index contributed by atoms with van der Waals surface area (Å²) in [6.07, 6.45) is 0.937. The van der Waals surface area contributed by atoms with Crippen LogP contribution in [0.3, 0.4) is 0 Å². The molecule has 0 bridgehead atoms. The SMILES string of the molecule is CCCOc1ccccc1NC(=O)c1ccsc1. The lowest BCUT2D eigenvalue weighted by Crippen LogP contribution is -2.12. The maximum absolute atomic E-state index is 11.9. The molecule has 1 amide bonds. The number of rotatable bonds is 5. The van der Waals surface area contributed by atoms with E-state index in [0.717, 1.165) is 6.42 Å². The second-order valence-corrected chi connectivity index (χ2v) is 4.59. The first-order valence-electron chi connectivity index (χ1n) is 5.86. The van der Waals surface area contributed by atoms with Gasteiger partial charge in [-0.15, -0.1) is 0 Å². The van der Waals surface area contributed by atoms with Crippen LogP contribution in [0.15, 0.2) is 41.1 Å². The van der Waals surface area contributed by atoms with Crippen LogP contribution in [0.25, 0.3) is 0 Å². The minimum Gasteiger partial charge on any atom is -0.491 e. The van der Waals surface area contributed by atoms with Gasteiger partial charge in [-0.05, 0) is 30.0 Å². The van der Waals surface area contributed by atoms with Gasteiger partial charge in [0.25, 0.3) is 5.91 Å². The maximum atomic E-state index is 11.9. The minimum atomic E-state index is -0.108. The van der Waals surface area contributed by atoms with Crippen LogP contribution >= 0.6 is 11.3 Å². The molecule has 0 fully saturated rings. The molecule has 0 aliphatic rings.